The van der Waals surface area contributed by atoms with Gasteiger partial charge in [0.25, 0.3) is 11.1 Å². The van der Waals surface area contributed by atoms with Crippen LogP contribution in [0.15, 0.2) is 58.1 Å². The molecule has 2 atom stereocenters. The van der Waals surface area contributed by atoms with Crippen molar-refractivity contribution in [2.24, 2.45) is 5.92 Å². The second kappa shape index (κ2) is 4.76. The third kappa shape index (κ3) is 1.70. The molecular formula is C22H22N2O2. The molecule has 0 fully saturated rings. The van der Waals surface area contributed by atoms with E-state index >= 15 is 0 Å². The molecule has 4 nitrogen and oxygen atoms in total. The Hall–Kier alpha value is -2.62. The van der Waals surface area contributed by atoms with Crippen molar-refractivity contribution < 1.29 is 0 Å². The second-order valence-electron chi connectivity index (χ2n) is 8.32. The summed E-state index contributed by atoms with van der Waals surface area (Å²) in [5.41, 5.74) is -0.989. The fourth-order valence-electron chi connectivity index (χ4n) is 4.86. The van der Waals surface area contributed by atoms with Crippen LogP contribution in [0.5, 0.6) is 0 Å². The zero-order chi connectivity index (χ0) is 18.3. The molecule has 0 amide bonds. The zero-order valence-corrected chi connectivity index (χ0v) is 15.3. The molecule has 132 valence electrons. The lowest BCUT2D eigenvalue weighted by Crippen LogP contribution is -2.63. The molecule has 3 heterocycles. The van der Waals surface area contributed by atoms with Crippen LogP contribution in [0.3, 0.4) is 0 Å². The normalized spacial score (nSPS) is 26.8. The number of hydrogen-bond acceptors (Lipinski definition) is 2. The fraction of sp³-hybridized carbons (Fsp3) is 0.364. The Labute approximate surface area is 151 Å². The minimum Gasteiger partial charge on any atom is -0.267 e. The van der Waals surface area contributed by atoms with E-state index in [0.29, 0.717) is 10.8 Å². The number of allylic oxidation sites excluding steroid dienone is 2. The van der Waals surface area contributed by atoms with Crippen LogP contribution in [0.1, 0.15) is 33.6 Å². The summed E-state index contributed by atoms with van der Waals surface area (Å²) in [4.78, 5) is 27.1. The minimum absolute atomic E-state index is 0.0608. The van der Waals surface area contributed by atoms with E-state index in [-0.39, 0.29) is 17.0 Å². The van der Waals surface area contributed by atoms with Crippen LogP contribution in [-0.2, 0) is 11.1 Å². The molecule has 0 unspecified atom stereocenters. The first-order valence-electron chi connectivity index (χ1n) is 9.30. The van der Waals surface area contributed by atoms with Gasteiger partial charge in [-0.05, 0) is 48.6 Å². The zero-order valence-electron chi connectivity index (χ0n) is 15.3. The van der Waals surface area contributed by atoms with Gasteiger partial charge in [0.05, 0.1) is 21.9 Å². The topological polar surface area (TPSA) is 44.0 Å². The highest BCUT2D eigenvalue weighted by molar-refractivity contribution is 5.97. The van der Waals surface area contributed by atoms with E-state index in [9.17, 15) is 9.59 Å². The molecule has 2 aromatic carbocycles. The quantitative estimate of drug-likeness (QED) is 0.498. The van der Waals surface area contributed by atoms with Crippen LogP contribution in [0.25, 0.3) is 21.5 Å². The van der Waals surface area contributed by atoms with Crippen molar-refractivity contribution in [2.75, 3.05) is 0 Å². The van der Waals surface area contributed by atoms with Gasteiger partial charge in [-0.1, -0.05) is 50.3 Å². The molecule has 4 heteroatoms. The lowest BCUT2D eigenvalue weighted by Gasteiger charge is -2.52. The molecule has 0 saturated heterocycles. The summed E-state index contributed by atoms with van der Waals surface area (Å²) in [5, 5.41) is 3.02. The number of benzene rings is 2. The molecule has 26 heavy (non-hydrogen) atoms. The molecule has 3 aromatic rings. The van der Waals surface area contributed by atoms with E-state index in [1.807, 2.05) is 36.4 Å². The molecule has 0 saturated carbocycles. The summed E-state index contributed by atoms with van der Waals surface area (Å²) in [6.07, 6.45) is 6.05. The maximum Gasteiger partial charge on any atom is 0.274 e. The Bertz CT molecular complexity index is 1230. The number of fused-ring (bicyclic) bond motifs is 3. The maximum atomic E-state index is 13.6. The van der Waals surface area contributed by atoms with Crippen LogP contribution < -0.4 is 11.1 Å². The Morgan fingerprint density at radius 2 is 1.46 bits per heavy atom. The molecule has 2 aliphatic heterocycles. The monoisotopic (exact) mass is 346 g/mol. The van der Waals surface area contributed by atoms with Crippen LogP contribution in [0.4, 0.5) is 0 Å². The molecule has 0 N–H and O–H groups in total. The maximum absolute atomic E-state index is 13.6. The van der Waals surface area contributed by atoms with Crippen LogP contribution in [0, 0.1) is 5.92 Å². The molecule has 0 radical (unpaired) electrons. The highest BCUT2D eigenvalue weighted by Crippen LogP contribution is 2.46. The van der Waals surface area contributed by atoms with Gasteiger partial charge in [0.1, 0.15) is 0 Å². The lowest BCUT2D eigenvalue weighted by molar-refractivity contribution is 0.0593. The van der Waals surface area contributed by atoms with Gasteiger partial charge in [-0.2, -0.15) is 0 Å². The highest BCUT2D eigenvalue weighted by Gasteiger charge is 2.49. The second-order valence-corrected chi connectivity index (χ2v) is 8.32. The van der Waals surface area contributed by atoms with Crippen molar-refractivity contribution in [1.29, 1.82) is 0 Å². The van der Waals surface area contributed by atoms with E-state index in [1.54, 1.807) is 9.36 Å². The van der Waals surface area contributed by atoms with Crippen LogP contribution in [0.2, 0.25) is 0 Å². The van der Waals surface area contributed by atoms with Gasteiger partial charge in [-0.15, -0.1) is 0 Å². The Balaban J connectivity index is 2.03. The molecule has 6 rings (SSSR count). The summed E-state index contributed by atoms with van der Waals surface area (Å²) >= 11 is 0. The number of rotatable bonds is 1. The summed E-state index contributed by atoms with van der Waals surface area (Å²) in [6, 6.07) is 11.6. The van der Waals surface area contributed by atoms with Gasteiger partial charge in [0, 0.05) is 0 Å². The lowest BCUT2D eigenvalue weighted by atomic mass is 9.71. The van der Waals surface area contributed by atoms with Crippen molar-refractivity contribution in [3.63, 3.8) is 0 Å². The smallest absolute Gasteiger partial charge is 0.267 e. The largest absolute Gasteiger partial charge is 0.274 e. The van der Waals surface area contributed by atoms with Gasteiger partial charge < -0.3 is 0 Å². The summed E-state index contributed by atoms with van der Waals surface area (Å²) in [6.45, 7) is 6.31. The summed E-state index contributed by atoms with van der Waals surface area (Å²) < 4.78 is 3.50. The third-order valence-corrected chi connectivity index (χ3v) is 6.57. The first kappa shape index (κ1) is 15.6. The van der Waals surface area contributed by atoms with E-state index in [4.69, 9.17) is 0 Å². The predicted octanol–water partition coefficient (Wildman–Crippen LogP) is 3.75. The van der Waals surface area contributed by atoms with Crippen molar-refractivity contribution in [3.05, 3.63) is 69.3 Å². The van der Waals surface area contributed by atoms with Crippen molar-refractivity contribution >= 4 is 21.5 Å². The van der Waals surface area contributed by atoms with E-state index in [2.05, 4.69) is 32.9 Å². The highest BCUT2D eigenvalue weighted by atomic mass is 16.2. The summed E-state index contributed by atoms with van der Waals surface area (Å²) in [5.74, 6) is 0.227. The number of hydrogen-bond donors (Lipinski definition) is 0. The summed E-state index contributed by atoms with van der Waals surface area (Å²) in [7, 11) is 0. The molecule has 3 aliphatic rings. The third-order valence-electron chi connectivity index (χ3n) is 6.57. The number of nitrogens with zero attached hydrogens (tertiary/aromatic N) is 2. The fourth-order valence-corrected chi connectivity index (χ4v) is 4.86. The average molecular weight is 346 g/mol. The van der Waals surface area contributed by atoms with E-state index < -0.39 is 11.1 Å². The SMILES string of the molecule is CC(C)[C@@]12C=C[C@@](C)(CC1)n1c(=O)c3cc4ccccc4cc3c(=O)n12. The Morgan fingerprint density at radius 3 is 1.96 bits per heavy atom. The molecule has 1 aromatic heterocycles. The Kier molecular flexibility index (Phi) is 2.86. The minimum atomic E-state index is -0.438. The molecule has 1 aliphatic carbocycles. The van der Waals surface area contributed by atoms with Gasteiger partial charge in [0.15, 0.2) is 0 Å². The van der Waals surface area contributed by atoms with Gasteiger partial charge in [-0.3, -0.25) is 9.59 Å². The standard InChI is InChI=1S/C22H22N2O2/c1-14(2)22-10-8-21(3,9-11-22)23-19(25)17-12-15-6-4-5-7-16(15)13-18(17)20(26)24(22)23/h4-8,10,12-14H,9,11H2,1-3H3/t21-,22+/m0/s1. The average Bonchev–Trinajstić information content (AvgIpc) is 2.64. The molecule has 0 spiro atoms. The first-order valence-corrected chi connectivity index (χ1v) is 9.30. The Morgan fingerprint density at radius 1 is 0.885 bits per heavy atom. The van der Waals surface area contributed by atoms with Gasteiger partial charge in [-0.25, -0.2) is 9.36 Å². The predicted molar refractivity (Wildman–Crippen MR) is 105 cm³/mol. The van der Waals surface area contributed by atoms with E-state index in [1.165, 1.54) is 0 Å². The van der Waals surface area contributed by atoms with Crippen LogP contribution in [-0.4, -0.2) is 9.36 Å². The van der Waals surface area contributed by atoms with Crippen molar-refractivity contribution in [1.82, 2.24) is 9.36 Å². The van der Waals surface area contributed by atoms with Gasteiger partial charge in [0.2, 0.25) is 0 Å². The molecular weight excluding hydrogens is 324 g/mol. The van der Waals surface area contributed by atoms with Crippen LogP contribution >= 0.6 is 0 Å². The number of aromatic nitrogens is 2. The van der Waals surface area contributed by atoms with Gasteiger partial charge >= 0.3 is 0 Å². The van der Waals surface area contributed by atoms with Crippen molar-refractivity contribution in [3.8, 4) is 0 Å². The van der Waals surface area contributed by atoms with Crippen molar-refractivity contribution in [2.45, 2.75) is 44.7 Å². The van der Waals surface area contributed by atoms with E-state index in [0.717, 1.165) is 23.6 Å². The first-order chi connectivity index (χ1) is 12.4. The molecule has 2 bridgehead atoms.